The first kappa shape index (κ1) is 30.5. The predicted octanol–water partition coefficient (Wildman–Crippen LogP) is 8.85. The first-order valence-electron chi connectivity index (χ1n) is 15.2. The van der Waals surface area contributed by atoms with Gasteiger partial charge in [-0.15, -0.1) is 0 Å². The van der Waals surface area contributed by atoms with Crippen molar-refractivity contribution in [1.82, 2.24) is 4.90 Å². The van der Waals surface area contributed by atoms with E-state index in [-0.39, 0.29) is 0 Å². The van der Waals surface area contributed by atoms with Crippen LogP contribution in [0.5, 0.6) is 0 Å². The minimum Gasteiger partial charge on any atom is -0.309 e. The normalized spacial score (nSPS) is 14.5. The molecule has 0 unspecified atom stereocenters. The number of hydrogen-bond acceptors (Lipinski definition) is 1. The largest absolute Gasteiger partial charge is 0.309 e. The standard InChI is InChI=1S/C30H61N2O/c1-4-6-8-10-12-14-16-18-20-22-27-32(3,29-31-26-24-25-30(31)33)28-23-21-19-17-15-13-11-9-7-5-2/h4-29H2,1-3H3/q+1. The van der Waals surface area contributed by atoms with E-state index >= 15 is 0 Å². The van der Waals surface area contributed by atoms with Crippen molar-refractivity contribution in [2.24, 2.45) is 0 Å². The first-order chi connectivity index (χ1) is 16.1. The number of carbonyl (C=O) groups excluding carboxylic acids is 1. The van der Waals surface area contributed by atoms with Gasteiger partial charge >= 0.3 is 0 Å². The summed E-state index contributed by atoms with van der Waals surface area (Å²) in [5.74, 6) is 0.394. The topological polar surface area (TPSA) is 20.3 Å². The molecule has 0 spiro atoms. The van der Waals surface area contributed by atoms with Crippen molar-refractivity contribution in [2.75, 3.05) is 33.4 Å². The van der Waals surface area contributed by atoms with Gasteiger partial charge in [-0.05, 0) is 32.1 Å². The van der Waals surface area contributed by atoms with Gasteiger partial charge in [-0.2, -0.15) is 0 Å². The zero-order valence-corrected chi connectivity index (χ0v) is 23.2. The van der Waals surface area contributed by atoms with Gasteiger partial charge in [-0.1, -0.05) is 117 Å². The Morgan fingerprint density at radius 2 is 0.970 bits per heavy atom. The third kappa shape index (κ3) is 16.7. The van der Waals surface area contributed by atoms with Crippen molar-refractivity contribution in [3.8, 4) is 0 Å². The quantitative estimate of drug-likeness (QED) is 0.103. The Hall–Kier alpha value is -0.570. The fourth-order valence-electron chi connectivity index (χ4n) is 5.48. The summed E-state index contributed by atoms with van der Waals surface area (Å²) < 4.78 is 1.08. The van der Waals surface area contributed by atoms with Crippen molar-refractivity contribution in [1.29, 1.82) is 0 Å². The second-order valence-corrected chi connectivity index (χ2v) is 11.3. The third-order valence-electron chi connectivity index (χ3n) is 7.79. The summed E-state index contributed by atoms with van der Waals surface area (Å²) >= 11 is 0. The highest BCUT2D eigenvalue weighted by Gasteiger charge is 2.29. The van der Waals surface area contributed by atoms with Crippen molar-refractivity contribution < 1.29 is 9.28 Å². The fraction of sp³-hybridized carbons (Fsp3) is 0.967. The molecular formula is C30H61N2O+. The molecule has 0 aromatic rings. The van der Waals surface area contributed by atoms with Gasteiger partial charge in [-0.3, -0.25) is 9.69 Å². The average Bonchev–Trinajstić information content (AvgIpc) is 3.20. The van der Waals surface area contributed by atoms with E-state index in [9.17, 15) is 4.79 Å². The molecule has 0 atom stereocenters. The average molecular weight is 466 g/mol. The minimum atomic E-state index is 0.394. The van der Waals surface area contributed by atoms with Gasteiger partial charge in [0, 0.05) is 13.0 Å². The number of carbonyl (C=O) groups is 1. The smallest absolute Gasteiger partial charge is 0.226 e. The SMILES string of the molecule is CCCCCCCCCCCC[N+](C)(CCCCCCCCCCCC)CN1CCCC1=O. The van der Waals surface area contributed by atoms with Gasteiger partial charge in [0.25, 0.3) is 0 Å². The Bertz CT molecular complexity index is 427. The summed E-state index contributed by atoms with van der Waals surface area (Å²) in [5.41, 5.74) is 0. The van der Waals surface area contributed by atoms with Gasteiger partial charge in [0.15, 0.2) is 6.67 Å². The van der Waals surface area contributed by atoms with E-state index in [1.807, 2.05) is 0 Å². The van der Waals surface area contributed by atoms with Gasteiger partial charge in [0.1, 0.15) is 0 Å². The highest BCUT2D eigenvalue weighted by Crippen LogP contribution is 2.19. The van der Waals surface area contributed by atoms with Gasteiger partial charge in [-0.25, -0.2) is 0 Å². The van der Waals surface area contributed by atoms with Crippen LogP contribution in [0.4, 0.5) is 0 Å². The van der Waals surface area contributed by atoms with Gasteiger partial charge < -0.3 is 4.48 Å². The van der Waals surface area contributed by atoms with Crippen LogP contribution < -0.4 is 0 Å². The maximum absolute atomic E-state index is 12.3. The van der Waals surface area contributed by atoms with E-state index in [0.717, 1.165) is 30.5 Å². The summed E-state index contributed by atoms with van der Waals surface area (Å²) in [6.07, 6.45) is 29.8. The molecule has 196 valence electrons. The number of nitrogens with zero attached hydrogens (tertiary/aromatic N) is 2. The molecule has 0 aromatic heterocycles. The number of amides is 1. The van der Waals surface area contributed by atoms with Crippen LogP contribution in [-0.4, -0.2) is 48.6 Å². The van der Waals surface area contributed by atoms with Gasteiger partial charge in [0.2, 0.25) is 5.91 Å². The molecule has 0 aromatic carbocycles. The number of unbranched alkanes of at least 4 members (excludes halogenated alkanes) is 18. The molecule has 3 heteroatoms. The van der Waals surface area contributed by atoms with Crippen LogP contribution in [0.3, 0.4) is 0 Å². The van der Waals surface area contributed by atoms with Gasteiger partial charge in [0.05, 0.1) is 20.1 Å². The zero-order chi connectivity index (χ0) is 24.0. The maximum atomic E-state index is 12.3. The molecule has 1 rings (SSSR count). The molecular weight excluding hydrogens is 404 g/mol. The van der Waals surface area contributed by atoms with E-state index in [1.54, 1.807) is 0 Å². The maximum Gasteiger partial charge on any atom is 0.226 e. The lowest BCUT2D eigenvalue weighted by molar-refractivity contribution is -0.918. The summed E-state index contributed by atoms with van der Waals surface area (Å²) in [6, 6.07) is 0. The van der Waals surface area contributed by atoms with E-state index in [2.05, 4.69) is 25.8 Å². The Balaban J connectivity index is 2.19. The molecule has 1 heterocycles. The van der Waals surface area contributed by atoms with Crippen LogP contribution >= 0.6 is 0 Å². The Labute approximate surface area is 208 Å². The summed E-state index contributed by atoms with van der Waals surface area (Å²) in [6.45, 7) is 9.02. The second kappa shape index (κ2) is 20.8. The third-order valence-corrected chi connectivity index (χ3v) is 7.79. The number of likely N-dealkylation sites (tertiary alicyclic amines) is 1. The molecule has 0 bridgehead atoms. The summed E-state index contributed by atoms with van der Waals surface area (Å²) in [5, 5.41) is 0. The van der Waals surface area contributed by atoms with Crippen molar-refractivity contribution in [3.05, 3.63) is 0 Å². The molecule has 1 aliphatic rings. The van der Waals surface area contributed by atoms with Crippen LogP contribution in [-0.2, 0) is 4.79 Å². The second-order valence-electron chi connectivity index (χ2n) is 11.3. The zero-order valence-electron chi connectivity index (χ0n) is 23.2. The molecule has 1 fully saturated rings. The van der Waals surface area contributed by atoms with E-state index in [1.165, 1.54) is 142 Å². The number of quaternary nitrogens is 1. The highest BCUT2D eigenvalue weighted by molar-refractivity contribution is 5.77. The van der Waals surface area contributed by atoms with Crippen molar-refractivity contribution in [3.63, 3.8) is 0 Å². The minimum absolute atomic E-state index is 0.394. The number of hydrogen-bond donors (Lipinski definition) is 0. The van der Waals surface area contributed by atoms with Crippen LogP contribution in [0.1, 0.15) is 155 Å². The monoisotopic (exact) mass is 465 g/mol. The van der Waals surface area contributed by atoms with E-state index < -0.39 is 0 Å². The van der Waals surface area contributed by atoms with Crippen LogP contribution in [0.2, 0.25) is 0 Å². The first-order valence-corrected chi connectivity index (χ1v) is 15.2. The molecule has 33 heavy (non-hydrogen) atoms. The molecule has 0 radical (unpaired) electrons. The predicted molar refractivity (Wildman–Crippen MR) is 145 cm³/mol. The number of rotatable bonds is 24. The van der Waals surface area contributed by atoms with E-state index in [0.29, 0.717) is 5.91 Å². The molecule has 1 amide bonds. The summed E-state index contributed by atoms with van der Waals surface area (Å²) in [7, 11) is 2.42. The van der Waals surface area contributed by atoms with E-state index in [4.69, 9.17) is 0 Å². The van der Waals surface area contributed by atoms with Crippen molar-refractivity contribution in [2.45, 2.75) is 155 Å². The molecule has 0 aliphatic carbocycles. The van der Waals surface area contributed by atoms with Crippen LogP contribution in [0.15, 0.2) is 0 Å². The molecule has 0 saturated carbocycles. The molecule has 3 nitrogen and oxygen atoms in total. The van der Waals surface area contributed by atoms with Crippen LogP contribution in [0.25, 0.3) is 0 Å². The molecule has 1 aliphatic heterocycles. The van der Waals surface area contributed by atoms with Crippen LogP contribution in [0, 0.1) is 0 Å². The Morgan fingerprint density at radius 3 is 1.30 bits per heavy atom. The Kier molecular flexibility index (Phi) is 19.2. The lowest BCUT2D eigenvalue weighted by atomic mass is 10.1. The summed E-state index contributed by atoms with van der Waals surface area (Å²) in [4.78, 5) is 14.4. The Morgan fingerprint density at radius 1 is 0.606 bits per heavy atom. The molecule has 0 N–H and O–H groups in total. The lowest BCUT2D eigenvalue weighted by Crippen LogP contribution is -2.52. The lowest BCUT2D eigenvalue weighted by Gasteiger charge is -2.38. The van der Waals surface area contributed by atoms with Crippen molar-refractivity contribution >= 4 is 5.91 Å². The molecule has 1 saturated heterocycles. The fourth-order valence-corrected chi connectivity index (χ4v) is 5.48. The highest BCUT2D eigenvalue weighted by atomic mass is 16.2.